The summed E-state index contributed by atoms with van der Waals surface area (Å²) in [6, 6.07) is 11.4. The number of benzene rings is 2. The standard InChI is InChI=1S/C23H25BrN4O3S/c1-4-5-8-11-32-23-26-22(29)19-15-9-6-7-10-17(15)25-21(28(19)27-23)16-12-14(24)13-18(30-2)20(16)31-3/h6-7,9-10,12-13,21H,4-5,8,11H2,1-3H3,(H,26,27,29)/t21-/m1/s1. The maximum absolute atomic E-state index is 13.2. The molecule has 9 heteroatoms. The molecule has 0 radical (unpaired) electrons. The molecule has 0 unspecified atom stereocenters. The third kappa shape index (κ3) is 4.36. The minimum atomic E-state index is -0.585. The zero-order valence-corrected chi connectivity index (χ0v) is 20.6. The van der Waals surface area contributed by atoms with Crippen molar-refractivity contribution in [2.75, 3.05) is 20.0 Å². The molecule has 2 aliphatic heterocycles. The van der Waals surface area contributed by atoms with Crippen LogP contribution in [0.25, 0.3) is 5.70 Å². The van der Waals surface area contributed by atoms with E-state index in [9.17, 15) is 4.79 Å². The van der Waals surface area contributed by atoms with Gasteiger partial charge in [-0.25, -0.2) is 5.01 Å². The number of carbonyl (C=O) groups is 1. The quantitative estimate of drug-likeness (QED) is 0.569. The van der Waals surface area contributed by atoms with Gasteiger partial charge in [-0.1, -0.05) is 65.7 Å². The lowest BCUT2D eigenvalue weighted by Gasteiger charge is -2.34. The molecule has 1 N–H and O–H groups in total. The molecule has 0 aliphatic carbocycles. The molecule has 4 rings (SSSR count). The smallest absolute Gasteiger partial charge is 0.276 e. The second kappa shape index (κ2) is 9.95. The first kappa shape index (κ1) is 22.7. The van der Waals surface area contributed by atoms with E-state index in [1.807, 2.05) is 36.4 Å². The summed E-state index contributed by atoms with van der Waals surface area (Å²) in [5, 5.41) is 11.5. The number of hydrazone groups is 1. The predicted molar refractivity (Wildman–Crippen MR) is 130 cm³/mol. The summed E-state index contributed by atoms with van der Waals surface area (Å²) in [4.78, 5) is 18.2. The van der Waals surface area contributed by atoms with E-state index in [1.54, 1.807) is 31.0 Å². The summed E-state index contributed by atoms with van der Waals surface area (Å²) in [5.74, 6) is 1.84. The van der Waals surface area contributed by atoms with Gasteiger partial charge in [0.2, 0.25) is 0 Å². The van der Waals surface area contributed by atoms with Gasteiger partial charge in [0.05, 0.1) is 19.6 Å². The van der Waals surface area contributed by atoms with Crippen molar-refractivity contribution in [1.29, 1.82) is 0 Å². The lowest BCUT2D eigenvalue weighted by molar-refractivity contribution is -0.116. The van der Waals surface area contributed by atoms with Gasteiger partial charge in [-0.3, -0.25) is 15.1 Å². The Morgan fingerprint density at radius 3 is 2.75 bits per heavy atom. The van der Waals surface area contributed by atoms with E-state index in [1.165, 1.54) is 0 Å². The molecule has 168 valence electrons. The predicted octanol–water partition coefficient (Wildman–Crippen LogP) is 3.53. The van der Waals surface area contributed by atoms with Crippen LogP contribution in [0.4, 0.5) is 0 Å². The maximum atomic E-state index is 13.2. The number of hydrogen-bond donors (Lipinski definition) is 1. The third-order valence-electron chi connectivity index (χ3n) is 5.25. The van der Waals surface area contributed by atoms with Gasteiger partial charge in [-0.2, -0.15) is 0 Å². The van der Waals surface area contributed by atoms with Crippen LogP contribution in [0.2, 0.25) is 0 Å². The number of carbonyl (C=O) groups excluding carboxylic acids is 1. The molecule has 2 aromatic rings. The molecule has 0 saturated carbocycles. The molecule has 0 bridgehead atoms. The van der Waals surface area contributed by atoms with Crippen LogP contribution in [0.3, 0.4) is 0 Å². The molecular formula is C23H25BrN4O3S. The Hall–Kier alpha value is -2.52. The Morgan fingerprint density at radius 1 is 1.19 bits per heavy atom. The first-order valence-electron chi connectivity index (χ1n) is 10.5. The Bertz CT molecular complexity index is 1180. The van der Waals surface area contributed by atoms with Crippen molar-refractivity contribution in [3.8, 4) is 11.5 Å². The lowest BCUT2D eigenvalue weighted by atomic mass is 10.1. The van der Waals surface area contributed by atoms with Gasteiger partial charge in [0, 0.05) is 21.0 Å². The normalized spacial score (nSPS) is 17.1. The summed E-state index contributed by atoms with van der Waals surface area (Å²) >= 11 is 5.11. The van der Waals surface area contributed by atoms with Gasteiger partial charge in [-0.05, 0) is 24.6 Å². The molecule has 1 amide bonds. The summed E-state index contributed by atoms with van der Waals surface area (Å²) < 4.78 is 12.0. The second-order valence-corrected chi connectivity index (χ2v) is 9.36. The van der Waals surface area contributed by atoms with Crippen LogP contribution in [-0.2, 0) is 4.79 Å². The number of ether oxygens (including phenoxy) is 2. The minimum Gasteiger partial charge on any atom is -0.493 e. The first-order valence-corrected chi connectivity index (χ1v) is 12.3. The average molecular weight is 517 g/mol. The fraction of sp³-hybridized carbons (Fsp3) is 0.348. The van der Waals surface area contributed by atoms with Crippen molar-refractivity contribution in [2.45, 2.75) is 32.4 Å². The number of hydrogen-bond acceptors (Lipinski definition) is 7. The molecule has 0 aromatic heterocycles. The lowest BCUT2D eigenvalue weighted by Crippen LogP contribution is -2.50. The van der Waals surface area contributed by atoms with E-state index in [2.05, 4.69) is 28.2 Å². The molecule has 0 saturated heterocycles. The van der Waals surface area contributed by atoms with Crippen molar-refractivity contribution in [1.82, 2.24) is 10.3 Å². The van der Waals surface area contributed by atoms with Gasteiger partial charge >= 0.3 is 0 Å². The summed E-state index contributed by atoms with van der Waals surface area (Å²) in [7, 11) is 3.19. The Labute approximate surface area is 199 Å². The van der Waals surface area contributed by atoms with Gasteiger partial charge in [0.1, 0.15) is 5.70 Å². The molecule has 1 atom stereocenters. The van der Waals surface area contributed by atoms with Gasteiger partial charge in [0.25, 0.3) is 5.91 Å². The van der Waals surface area contributed by atoms with Gasteiger partial charge in [0.15, 0.2) is 22.8 Å². The number of nitrogens with zero attached hydrogens (tertiary/aromatic N) is 3. The van der Waals surface area contributed by atoms with Crippen molar-refractivity contribution >= 4 is 44.5 Å². The Balaban J connectivity index is 1.86. The van der Waals surface area contributed by atoms with Crippen molar-refractivity contribution < 1.29 is 14.3 Å². The minimum absolute atomic E-state index is 0.189. The largest absolute Gasteiger partial charge is 0.493 e. The Kier molecular flexibility index (Phi) is 7.05. The summed E-state index contributed by atoms with van der Waals surface area (Å²) in [6.07, 6.45) is 2.78. The molecule has 2 heterocycles. The number of rotatable bonds is 7. The SMILES string of the molecule is CCCCCSC1=NN2C(=c3ccccc3=N[C@H]2c2cc(Br)cc(OC)c2OC)C(=O)N1. The van der Waals surface area contributed by atoms with Crippen LogP contribution < -0.4 is 25.4 Å². The second-order valence-electron chi connectivity index (χ2n) is 7.36. The number of unbranched alkanes of at least 4 members (excludes halogenated alkanes) is 2. The van der Waals surface area contributed by atoms with E-state index in [0.29, 0.717) is 22.4 Å². The van der Waals surface area contributed by atoms with E-state index in [0.717, 1.165) is 45.6 Å². The zero-order chi connectivity index (χ0) is 22.7. The highest BCUT2D eigenvalue weighted by Gasteiger charge is 2.36. The van der Waals surface area contributed by atoms with E-state index < -0.39 is 6.17 Å². The Morgan fingerprint density at radius 2 is 2.00 bits per heavy atom. The molecule has 32 heavy (non-hydrogen) atoms. The fourth-order valence-electron chi connectivity index (χ4n) is 3.77. The monoisotopic (exact) mass is 516 g/mol. The van der Waals surface area contributed by atoms with Crippen LogP contribution in [0.1, 0.15) is 37.9 Å². The number of halogens is 1. The molecule has 7 nitrogen and oxygen atoms in total. The average Bonchev–Trinajstić information content (AvgIpc) is 2.80. The summed E-state index contributed by atoms with van der Waals surface area (Å²) in [6.45, 7) is 2.17. The summed E-state index contributed by atoms with van der Waals surface area (Å²) in [5.41, 5.74) is 1.22. The number of thioether (sulfide) groups is 1. The van der Waals surface area contributed by atoms with E-state index in [4.69, 9.17) is 19.6 Å². The molecule has 2 aliphatic rings. The molecule has 0 fully saturated rings. The maximum Gasteiger partial charge on any atom is 0.276 e. The van der Waals surface area contributed by atoms with Crippen LogP contribution >= 0.6 is 27.7 Å². The molecule has 2 aromatic carbocycles. The number of methoxy groups -OCH3 is 2. The van der Waals surface area contributed by atoms with Crippen LogP contribution in [0, 0.1) is 0 Å². The topological polar surface area (TPSA) is 75.5 Å². The van der Waals surface area contributed by atoms with Crippen LogP contribution in [0.15, 0.2) is 51.0 Å². The highest BCUT2D eigenvalue weighted by atomic mass is 79.9. The molecule has 0 spiro atoms. The third-order valence-corrected chi connectivity index (χ3v) is 6.66. The van der Waals surface area contributed by atoms with Gasteiger partial charge in [-0.15, -0.1) is 5.10 Å². The van der Waals surface area contributed by atoms with Crippen molar-refractivity contribution in [3.05, 3.63) is 57.0 Å². The number of amidine groups is 1. The van der Waals surface area contributed by atoms with Crippen LogP contribution in [-0.4, -0.2) is 36.1 Å². The van der Waals surface area contributed by atoms with Crippen LogP contribution in [0.5, 0.6) is 11.5 Å². The number of nitrogens with one attached hydrogen (secondary N) is 1. The fourth-order valence-corrected chi connectivity index (χ4v) is 5.07. The van der Waals surface area contributed by atoms with Gasteiger partial charge < -0.3 is 9.47 Å². The first-order chi connectivity index (χ1) is 15.6. The van der Waals surface area contributed by atoms with E-state index in [-0.39, 0.29) is 5.91 Å². The van der Waals surface area contributed by atoms with E-state index >= 15 is 0 Å². The number of amides is 1. The zero-order valence-electron chi connectivity index (χ0n) is 18.2. The van der Waals surface area contributed by atoms with Crippen molar-refractivity contribution in [3.63, 3.8) is 0 Å². The number of fused-ring (bicyclic) bond motifs is 2. The number of para-hydroxylation sites is 1. The highest BCUT2D eigenvalue weighted by Crippen LogP contribution is 2.42. The highest BCUT2D eigenvalue weighted by molar-refractivity contribution is 9.10. The van der Waals surface area contributed by atoms with Crippen molar-refractivity contribution in [2.24, 2.45) is 10.1 Å². The molecular weight excluding hydrogens is 492 g/mol.